The molecule has 0 radical (unpaired) electrons. The van der Waals surface area contributed by atoms with Crippen LogP contribution in [0, 0.1) is 0 Å². The molecule has 284 valence electrons. The molecule has 0 unspecified atom stereocenters. The molecule has 0 bridgehead atoms. The monoisotopic (exact) mass is 928 g/mol. The molecule has 1 aromatic carbocycles. The van der Waals surface area contributed by atoms with Crippen LogP contribution in [0.4, 0.5) is 0 Å². The van der Waals surface area contributed by atoms with Gasteiger partial charge in [-0.2, -0.15) is 0 Å². The Kier molecular flexibility index (Phi) is 22.1. The van der Waals surface area contributed by atoms with Crippen molar-refractivity contribution in [3.63, 3.8) is 0 Å². The predicted molar refractivity (Wildman–Crippen MR) is 232 cm³/mol. The van der Waals surface area contributed by atoms with Crippen molar-refractivity contribution in [3.05, 3.63) is 31.8 Å². The summed E-state index contributed by atoms with van der Waals surface area (Å²) in [7, 11) is 0. The average Bonchev–Trinajstić information content (AvgIpc) is 3.90. The molecule has 3 aromatic heterocycles. The van der Waals surface area contributed by atoms with Crippen LogP contribution in [0.15, 0.2) is 31.8 Å². The minimum atomic E-state index is -0.185. The number of aromatic nitrogens is 2. The zero-order valence-electron chi connectivity index (χ0n) is 31.4. The summed E-state index contributed by atoms with van der Waals surface area (Å²) in [5, 5.41) is 0. The molecule has 0 spiro atoms. The Morgan fingerprint density at radius 3 is 1.08 bits per heavy atom. The van der Waals surface area contributed by atoms with Crippen LogP contribution in [0.3, 0.4) is 0 Å². The molecular weight excluding hydrogens is 867 g/mol. The van der Waals surface area contributed by atoms with Gasteiger partial charge in [-0.1, -0.05) is 90.9 Å². The van der Waals surface area contributed by atoms with Crippen LogP contribution in [0.5, 0.6) is 11.5 Å². The third-order valence-electron chi connectivity index (χ3n) is 9.75. The first-order valence-corrected chi connectivity index (χ1v) is 25.0. The Morgan fingerprint density at radius 1 is 0.471 bits per heavy atom. The molecular formula is C42H62Br2N2O2S2Se. The predicted octanol–water partition coefficient (Wildman–Crippen LogP) is 15.8. The molecule has 0 amide bonds. The van der Waals surface area contributed by atoms with E-state index in [0.29, 0.717) is 13.2 Å². The van der Waals surface area contributed by atoms with E-state index in [1.54, 1.807) is 22.7 Å². The van der Waals surface area contributed by atoms with Gasteiger partial charge >= 0.3 is 252 Å². The second-order valence-electron chi connectivity index (χ2n) is 14.1. The number of unbranched alkanes of at least 4 members (excludes halogenated alkanes) is 22. The summed E-state index contributed by atoms with van der Waals surface area (Å²) in [4.78, 5) is 2.29. The van der Waals surface area contributed by atoms with Gasteiger partial charge in [-0.3, -0.25) is 0 Å². The fourth-order valence-electron chi connectivity index (χ4n) is 6.82. The summed E-state index contributed by atoms with van der Waals surface area (Å²) in [5.74, 6) is 1.70. The SMILES string of the molecule is CCCCCCCCCCCCCCOc1c(OCCCCCCCCCCCCCC)c(-c2ccc(Br)s2)c2n[se]nc2c1-c1ccc(Br)s1. The summed E-state index contributed by atoms with van der Waals surface area (Å²) in [6.45, 7) is 5.95. The fourth-order valence-corrected chi connectivity index (χ4v) is 10.9. The van der Waals surface area contributed by atoms with E-state index in [2.05, 4.69) is 70.0 Å². The maximum absolute atomic E-state index is 6.85. The van der Waals surface area contributed by atoms with Crippen molar-refractivity contribution in [1.82, 2.24) is 7.96 Å². The van der Waals surface area contributed by atoms with Crippen LogP contribution >= 0.6 is 54.5 Å². The maximum atomic E-state index is 6.85. The topological polar surface area (TPSA) is 44.2 Å². The van der Waals surface area contributed by atoms with E-state index in [1.807, 2.05) is 0 Å². The molecule has 0 N–H and O–H groups in total. The van der Waals surface area contributed by atoms with E-state index in [-0.39, 0.29) is 15.0 Å². The zero-order chi connectivity index (χ0) is 35.9. The average molecular weight is 930 g/mol. The zero-order valence-corrected chi connectivity index (χ0v) is 37.9. The summed E-state index contributed by atoms with van der Waals surface area (Å²) in [6, 6.07) is 8.60. The van der Waals surface area contributed by atoms with E-state index in [4.69, 9.17) is 17.4 Å². The normalized spacial score (nSPS) is 11.6. The van der Waals surface area contributed by atoms with Gasteiger partial charge in [0.15, 0.2) is 0 Å². The number of hydrogen-bond donors (Lipinski definition) is 0. The molecule has 0 saturated heterocycles. The van der Waals surface area contributed by atoms with E-state index in [1.165, 1.54) is 141 Å². The number of rotatable bonds is 30. The number of thiophene rings is 2. The molecule has 0 saturated carbocycles. The first kappa shape index (κ1) is 43.0. The van der Waals surface area contributed by atoms with Crippen LogP contribution in [0.25, 0.3) is 31.9 Å². The van der Waals surface area contributed by atoms with Crippen molar-refractivity contribution < 1.29 is 9.47 Å². The van der Waals surface area contributed by atoms with Gasteiger partial charge in [-0.05, 0) is 0 Å². The van der Waals surface area contributed by atoms with Gasteiger partial charge in [-0.25, -0.2) is 0 Å². The number of halogens is 2. The van der Waals surface area contributed by atoms with E-state index < -0.39 is 0 Å². The number of fused-ring (bicyclic) bond motifs is 1. The first-order chi connectivity index (χ1) is 25.1. The van der Waals surface area contributed by atoms with Crippen LogP contribution in [0.2, 0.25) is 0 Å². The molecule has 4 aromatic rings. The Balaban J connectivity index is 1.39. The third-order valence-corrected chi connectivity index (χ3v) is 14.1. The van der Waals surface area contributed by atoms with E-state index >= 15 is 0 Å². The molecule has 0 atom stereocenters. The third kappa shape index (κ3) is 15.2. The number of benzene rings is 1. The second kappa shape index (κ2) is 26.2. The van der Waals surface area contributed by atoms with Crippen LogP contribution in [0.1, 0.15) is 168 Å². The fraction of sp³-hybridized carbons (Fsp3) is 0.667. The summed E-state index contributed by atoms with van der Waals surface area (Å²) < 4.78 is 25.9. The Bertz CT molecular complexity index is 1400. The molecule has 0 fully saturated rings. The van der Waals surface area contributed by atoms with Gasteiger partial charge in [0.2, 0.25) is 0 Å². The van der Waals surface area contributed by atoms with Crippen LogP contribution in [-0.4, -0.2) is 36.1 Å². The number of nitrogens with zero attached hydrogens (tertiary/aromatic N) is 2. The van der Waals surface area contributed by atoms with Crippen molar-refractivity contribution in [2.45, 2.75) is 168 Å². The molecule has 0 aliphatic heterocycles. The molecule has 0 aliphatic carbocycles. The quantitative estimate of drug-likeness (QED) is 0.0386. The summed E-state index contributed by atoms with van der Waals surface area (Å²) in [5.41, 5.74) is 4.02. The molecule has 4 rings (SSSR count). The molecule has 9 heteroatoms. The van der Waals surface area contributed by atoms with Crippen molar-refractivity contribution >= 4 is 80.5 Å². The number of ether oxygens (including phenoxy) is 2. The van der Waals surface area contributed by atoms with Crippen LogP contribution < -0.4 is 9.47 Å². The van der Waals surface area contributed by atoms with Gasteiger partial charge in [0.05, 0.1) is 0 Å². The molecule has 3 heterocycles. The Hall–Kier alpha value is -0.701. The summed E-state index contributed by atoms with van der Waals surface area (Å²) >= 11 is 10.7. The molecule has 51 heavy (non-hydrogen) atoms. The number of hydrogen-bond acceptors (Lipinski definition) is 6. The van der Waals surface area contributed by atoms with Crippen molar-refractivity contribution in [2.75, 3.05) is 13.2 Å². The van der Waals surface area contributed by atoms with Crippen molar-refractivity contribution in [2.24, 2.45) is 0 Å². The Labute approximate surface area is 340 Å². The van der Waals surface area contributed by atoms with Crippen molar-refractivity contribution in [1.29, 1.82) is 0 Å². The molecule has 4 nitrogen and oxygen atoms in total. The second-order valence-corrected chi connectivity index (χ2v) is 20.1. The first-order valence-electron chi connectivity index (χ1n) is 20.2. The van der Waals surface area contributed by atoms with Gasteiger partial charge in [0.1, 0.15) is 0 Å². The van der Waals surface area contributed by atoms with Crippen LogP contribution in [-0.2, 0) is 0 Å². The van der Waals surface area contributed by atoms with Gasteiger partial charge in [0, 0.05) is 0 Å². The van der Waals surface area contributed by atoms with E-state index in [9.17, 15) is 0 Å². The van der Waals surface area contributed by atoms with Gasteiger partial charge < -0.3 is 0 Å². The Morgan fingerprint density at radius 2 is 0.784 bits per heavy atom. The van der Waals surface area contributed by atoms with Gasteiger partial charge in [-0.15, -0.1) is 0 Å². The van der Waals surface area contributed by atoms with Crippen molar-refractivity contribution in [3.8, 4) is 32.4 Å². The minimum absolute atomic E-state index is 0.185. The standard InChI is InChI=1S/C42H62Br2N2O2S2Se/c1-3-5-7-9-11-13-15-17-19-21-23-25-31-47-41-37(33-27-29-35(43)49-33)39-40(46-51-45-39)38(34-28-30-36(44)50-34)42(41)48-32-26-24-22-20-18-16-14-12-10-8-6-4-2/h27-30H,3-26,31-32H2,1-2H3. The van der Waals surface area contributed by atoms with E-state index in [0.717, 1.165) is 63.8 Å². The summed E-state index contributed by atoms with van der Waals surface area (Å²) in [6.07, 6.45) is 31.9. The molecule has 0 aliphatic rings. The van der Waals surface area contributed by atoms with Gasteiger partial charge in [0.25, 0.3) is 0 Å².